The molecule has 0 aliphatic carbocycles. The summed E-state index contributed by atoms with van der Waals surface area (Å²) in [7, 11) is 2.69. The molecule has 1 saturated heterocycles. The molecule has 1 fully saturated rings. The summed E-state index contributed by atoms with van der Waals surface area (Å²) in [6.07, 6.45) is 1.36. The van der Waals surface area contributed by atoms with Crippen LogP contribution in [0.5, 0.6) is 11.5 Å². The van der Waals surface area contributed by atoms with Gasteiger partial charge in [-0.25, -0.2) is 14.5 Å². The molecule has 2 heterocycles. The van der Waals surface area contributed by atoms with Crippen molar-refractivity contribution < 1.29 is 37.8 Å². The van der Waals surface area contributed by atoms with Gasteiger partial charge in [0, 0.05) is 4.47 Å². The first kappa shape index (κ1) is 24.7. The van der Waals surface area contributed by atoms with Gasteiger partial charge in [-0.1, -0.05) is 28.1 Å². The van der Waals surface area contributed by atoms with E-state index in [0.717, 1.165) is 4.90 Å². The summed E-state index contributed by atoms with van der Waals surface area (Å²) >= 11 is 3.31. The number of rotatable bonds is 7. The Morgan fingerprint density at radius 3 is 2.58 bits per heavy atom. The maximum Gasteiger partial charge on any atom is 0.373 e. The van der Waals surface area contributed by atoms with Crippen LogP contribution in [0.3, 0.4) is 0 Å². The van der Waals surface area contributed by atoms with Crippen LogP contribution in [0.25, 0.3) is 6.08 Å². The normalized spacial score (nSPS) is 14.6. The van der Waals surface area contributed by atoms with Crippen molar-refractivity contribution in [2.45, 2.75) is 6.61 Å². The van der Waals surface area contributed by atoms with Gasteiger partial charge in [0.1, 0.15) is 17.9 Å². The first-order valence-corrected chi connectivity index (χ1v) is 11.2. The molecule has 4 rings (SSSR count). The number of ether oxygens (including phenoxy) is 3. The number of urea groups is 1. The lowest BCUT2D eigenvalue weighted by Gasteiger charge is -2.26. The molecular formula is C25H19BrN2O8. The second-order valence-electron chi connectivity index (χ2n) is 7.39. The van der Waals surface area contributed by atoms with Crippen molar-refractivity contribution in [3.8, 4) is 11.5 Å². The summed E-state index contributed by atoms with van der Waals surface area (Å²) < 4.78 is 21.8. The highest BCUT2D eigenvalue weighted by atomic mass is 79.9. The molecule has 0 bridgehead atoms. The number of benzene rings is 2. The van der Waals surface area contributed by atoms with Crippen molar-refractivity contribution in [2.75, 3.05) is 19.1 Å². The Bertz CT molecular complexity index is 1390. The fourth-order valence-corrected chi connectivity index (χ4v) is 3.77. The third-order valence-electron chi connectivity index (χ3n) is 5.08. The quantitative estimate of drug-likeness (QED) is 0.263. The zero-order valence-electron chi connectivity index (χ0n) is 19.1. The largest absolute Gasteiger partial charge is 0.493 e. The number of carbonyl (C=O) groups is 4. The molecule has 184 valence electrons. The van der Waals surface area contributed by atoms with Crippen LogP contribution in [0, 0.1) is 0 Å². The van der Waals surface area contributed by atoms with E-state index in [0.29, 0.717) is 33.0 Å². The van der Waals surface area contributed by atoms with E-state index in [1.165, 1.54) is 26.4 Å². The highest BCUT2D eigenvalue weighted by Gasteiger charge is 2.36. The van der Waals surface area contributed by atoms with Gasteiger partial charge in [-0.15, -0.1) is 0 Å². The van der Waals surface area contributed by atoms with Crippen LogP contribution in [0.1, 0.15) is 21.9 Å². The molecule has 1 N–H and O–H groups in total. The Kier molecular flexibility index (Phi) is 7.20. The maximum absolute atomic E-state index is 13.1. The monoisotopic (exact) mass is 554 g/mol. The standard InChI is InChI=1S/C25H19BrN2O8/c1-33-21-11-14(6-8-19(21)35-13-17-7-9-20(36-17)24(31)34-2)10-18-22(29)27-25(32)28(23(18)30)16-5-3-4-15(26)12-16/h3-12H,13H2,1-2H3,(H,27,29,32). The van der Waals surface area contributed by atoms with Gasteiger partial charge < -0.3 is 18.6 Å². The Morgan fingerprint density at radius 2 is 1.86 bits per heavy atom. The lowest BCUT2D eigenvalue weighted by atomic mass is 10.1. The van der Waals surface area contributed by atoms with Gasteiger partial charge in [0.05, 0.1) is 19.9 Å². The smallest absolute Gasteiger partial charge is 0.373 e. The van der Waals surface area contributed by atoms with Crippen LogP contribution >= 0.6 is 15.9 Å². The SMILES string of the molecule is COC(=O)c1ccc(COc2ccc(C=C3C(=O)NC(=O)N(c4cccc(Br)c4)C3=O)cc2OC)o1. The Labute approximate surface area is 213 Å². The van der Waals surface area contributed by atoms with Crippen molar-refractivity contribution in [1.82, 2.24) is 5.32 Å². The van der Waals surface area contributed by atoms with E-state index < -0.39 is 23.8 Å². The van der Waals surface area contributed by atoms with Gasteiger partial charge >= 0.3 is 12.0 Å². The number of methoxy groups -OCH3 is 2. The Morgan fingerprint density at radius 1 is 1.06 bits per heavy atom. The predicted octanol–water partition coefficient (Wildman–Crippen LogP) is 4.08. The van der Waals surface area contributed by atoms with E-state index in [1.807, 2.05) is 0 Å². The molecule has 1 aliphatic heterocycles. The number of nitrogens with one attached hydrogen (secondary N) is 1. The minimum absolute atomic E-state index is 0.0123. The van der Waals surface area contributed by atoms with Crippen molar-refractivity contribution in [3.63, 3.8) is 0 Å². The molecule has 4 amide bonds. The average Bonchev–Trinajstić information content (AvgIpc) is 3.34. The summed E-state index contributed by atoms with van der Waals surface area (Å²) in [6.45, 7) is 0.0123. The van der Waals surface area contributed by atoms with Gasteiger partial charge in [0.2, 0.25) is 5.76 Å². The van der Waals surface area contributed by atoms with Gasteiger partial charge in [-0.05, 0) is 54.1 Å². The lowest BCUT2D eigenvalue weighted by Crippen LogP contribution is -2.54. The first-order chi connectivity index (χ1) is 17.3. The number of hydrogen-bond donors (Lipinski definition) is 1. The van der Waals surface area contributed by atoms with Gasteiger partial charge in [-0.3, -0.25) is 14.9 Å². The van der Waals surface area contributed by atoms with E-state index in [9.17, 15) is 19.2 Å². The molecule has 11 heteroatoms. The van der Waals surface area contributed by atoms with Crippen LogP contribution in [0.2, 0.25) is 0 Å². The molecule has 1 aliphatic rings. The highest BCUT2D eigenvalue weighted by Crippen LogP contribution is 2.31. The Balaban J connectivity index is 1.56. The van der Waals surface area contributed by atoms with Gasteiger partial charge in [0.25, 0.3) is 11.8 Å². The minimum atomic E-state index is -0.838. The van der Waals surface area contributed by atoms with Crippen LogP contribution in [0.4, 0.5) is 10.5 Å². The molecule has 3 aromatic rings. The second-order valence-corrected chi connectivity index (χ2v) is 8.31. The molecule has 0 spiro atoms. The zero-order valence-corrected chi connectivity index (χ0v) is 20.7. The van der Waals surface area contributed by atoms with E-state index in [4.69, 9.17) is 13.9 Å². The number of furan rings is 1. The number of nitrogens with zero attached hydrogens (tertiary/aromatic N) is 1. The van der Waals surface area contributed by atoms with Crippen molar-refractivity contribution in [1.29, 1.82) is 0 Å². The van der Waals surface area contributed by atoms with Gasteiger partial charge in [0.15, 0.2) is 11.5 Å². The average molecular weight is 555 g/mol. The summed E-state index contributed by atoms with van der Waals surface area (Å²) in [5, 5.41) is 2.18. The molecule has 2 aromatic carbocycles. The first-order valence-electron chi connectivity index (χ1n) is 10.5. The number of hydrogen-bond acceptors (Lipinski definition) is 8. The number of esters is 1. The number of halogens is 1. The molecule has 1 aromatic heterocycles. The van der Waals surface area contributed by atoms with E-state index in [2.05, 4.69) is 26.0 Å². The van der Waals surface area contributed by atoms with Crippen LogP contribution in [-0.2, 0) is 20.9 Å². The van der Waals surface area contributed by atoms with Gasteiger partial charge in [-0.2, -0.15) is 0 Å². The van der Waals surface area contributed by atoms with Crippen LogP contribution in [-0.4, -0.2) is 38.0 Å². The molecule has 0 saturated carbocycles. The van der Waals surface area contributed by atoms with Crippen molar-refractivity contribution in [3.05, 3.63) is 81.7 Å². The predicted molar refractivity (Wildman–Crippen MR) is 131 cm³/mol. The van der Waals surface area contributed by atoms with E-state index in [1.54, 1.807) is 48.5 Å². The number of amides is 4. The lowest BCUT2D eigenvalue weighted by molar-refractivity contribution is -0.122. The number of carbonyl (C=O) groups excluding carboxylic acids is 4. The number of anilines is 1. The Hall–Kier alpha value is -4.38. The fraction of sp³-hybridized carbons (Fsp3) is 0.120. The number of imide groups is 2. The molecule has 10 nitrogen and oxygen atoms in total. The van der Waals surface area contributed by atoms with Crippen LogP contribution < -0.4 is 19.7 Å². The van der Waals surface area contributed by atoms with Crippen molar-refractivity contribution >= 4 is 51.5 Å². The summed E-state index contributed by atoms with van der Waals surface area (Å²) in [5.41, 5.74) is 0.545. The number of barbiturate groups is 1. The molecular weight excluding hydrogens is 536 g/mol. The highest BCUT2D eigenvalue weighted by molar-refractivity contribution is 9.10. The summed E-state index contributed by atoms with van der Waals surface area (Å²) in [6, 6.07) is 13.6. The van der Waals surface area contributed by atoms with Crippen LogP contribution in [0.15, 0.2) is 69.1 Å². The molecule has 0 radical (unpaired) electrons. The maximum atomic E-state index is 13.1. The summed E-state index contributed by atoms with van der Waals surface area (Å²) in [5.74, 6) is -1.04. The topological polar surface area (TPSA) is 124 Å². The van der Waals surface area contributed by atoms with Crippen molar-refractivity contribution in [2.24, 2.45) is 0 Å². The fourth-order valence-electron chi connectivity index (χ4n) is 3.38. The molecule has 0 atom stereocenters. The summed E-state index contributed by atoms with van der Waals surface area (Å²) in [4.78, 5) is 50.3. The molecule has 0 unspecified atom stereocenters. The zero-order chi connectivity index (χ0) is 25.8. The second kappa shape index (κ2) is 10.5. The van der Waals surface area contributed by atoms with E-state index >= 15 is 0 Å². The third-order valence-corrected chi connectivity index (χ3v) is 5.58. The molecule has 36 heavy (non-hydrogen) atoms. The minimum Gasteiger partial charge on any atom is -0.493 e. The van der Waals surface area contributed by atoms with E-state index in [-0.39, 0.29) is 17.9 Å². The third kappa shape index (κ3) is 5.15.